The molecule has 0 aliphatic carbocycles. The second-order valence-electron chi connectivity index (χ2n) is 5.98. The number of anilines is 2. The molecule has 2 aromatic carbocycles. The van der Waals surface area contributed by atoms with E-state index in [4.69, 9.17) is 0 Å². The lowest BCUT2D eigenvalue weighted by Crippen LogP contribution is -2.44. The Bertz CT molecular complexity index is 863. The molecule has 7 heteroatoms. The Kier molecular flexibility index (Phi) is 5.06. The second-order valence-corrected chi connectivity index (χ2v) is 7.99. The van der Waals surface area contributed by atoms with Crippen LogP contribution in [0.2, 0.25) is 0 Å². The minimum Gasteiger partial charge on any atom is -0.325 e. The van der Waals surface area contributed by atoms with Crippen LogP contribution >= 0.6 is 0 Å². The lowest BCUT2D eigenvalue weighted by molar-refractivity contribution is -0.118. The molecular formula is C18H21N3O3S. The smallest absolute Gasteiger partial charge is 0.241 e. The molecule has 3 N–H and O–H groups in total. The van der Waals surface area contributed by atoms with Crippen molar-refractivity contribution in [2.75, 3.05) is 15.8 Å². The molecule has 1 aliphatic heterocycles. The van der Waals surface area contributed by atoms with Crippen molar-refractivity contribution in [3.05, 3.63) is 59.7 Å². The molecule has 0 saturated heterocycles. The number of carbonyl (C=O) groups excluding carboxylic acids is 1. The van der Waals surface area contributed by atoms with E-state index in [-0.39, 0.29) is 17.7 Å². The molecule has 2 aromatic rings. The first-order valence-electron chi connectivity index (χ1n) is 8.18. The van der Waals surface area contributed by atoms with Gasteiger partial charge in [0.1, 0.15) is 0 Å². The maximum Gasteiger partial charge on any atom is 0.241 e. The third-order valence-corrected chi connectivity index (χ3v) is 5.51. The standard InChI is InChI=1S/C18H21N3O3S/c1-2-25(23,24)21-16-9-7-15(8-10-16)20-18(22)17-11-13-5-3-4-6-14(13)12-19-17/h3-10,17,19,21H,2,11-12H2,1H3,(H,20,22). The molecule has 1 amide bonds. The minimum atomic E-state index is -3.30. The van der Waals surface area contributed by atoms with Crippen LogP contribution in [0.1, 0.15) is 18.1 Å². The van der Waals surface area contributed by atoms with Gasteiger partial charge in [-0.1, -0.05) is 24.3 Å². The summed E-state index contributed by atoms with van der Waals surface area (Å²) in [5.74, 6) is -0.0864. The molecular weight excluding hydrogens is 338 g/mol. The van der Waals surface area contributed by atoms with Crippen molar-refractivity contribution in [1.82, 2.24) is 5.32 Å². The van der Waals surface area contributed by atoms with E-state index in [1.807, 2.05) is 18.2 Å². The normalized spacial score (nSPS) is 16.8. The number of rotatable bonds is 5. The summed E-state index contributed by atoms with van der Waals surface area (Å²) in [4.78, 5) is 12.5. The Morgan fingerprint density at radius 3 is 2.40 bits per heavy atom. The summed E-state index contributed by atoms with van der Waals surface area (Å²) < 4.78 is 25.6. The first-order valence-corrected chi connectivity index (χ1v) is 9.83. The minimum absolute atomic E-state index is 0.0142. The van der Waals surface area contributed by atoms with Gasteiger partial charge in [0.2, 0.25) is 15.9 Å². The number of carbonyl (C=O) groups is 1. The summed E-state index contributed by atoms with van der Waals surface area (Å²) in [5.41, 5.74) is 3.51. The molecule has 0 radical (unpaired) electrons. The first-order chi connectivity index (χ1) is 12.0. The van der Waals surface area contributed by atoms with E-state index in [0.717, 1.165) is 0 Å². The fraction of sp³-hybridized carbons (Fsp3) is 0.278. The average molecular weight is 359 g/mol. The SMILES string of the molecule is CCS(=O)(=O)Nc1ccc(NC(=O)C2Cc3ccccc3CN2)cc1. The zero-order valence-electron chi connectivity index (χ0n) is 14.0. The van der Waals surface area contributed by atoms with E-state index in [9.17, 15) is 13.2 Å². The molecule has 1 atom stereocenters. The van der Waals surface area contributed by atoms with E-state index >= 15 is 0 Å². The highest BCUT2D eigenvalue weighted by molar-refractivity contribution is 7.92. The molecule has 0 aromatic heterocycles. The number of amides is 1. The summed E-state index contributed by atoms with van der Waals surface area (Å²) in [6.45, 7) is 2.25. The Morgan fingerprint density at radius 1 is 1.08 bits per heavy atom. The maximum atomic E-state index is 12.5. The number of nitrogens with one attached hydrogen (secondary N) is 3. The van der Waals surface area contributed by atoms with Crippen LogP contribution in [0.25, 0.3) is 0 Å². The molecule has 6 nitrogen and oxygen atoms in total. The van der Waals surface area contributed by atoms with Gasteiger partial charge < -0.3 is 10.6 Å². The van der Waals surface area contributed by atoms with Gasteiger partial charge in [0.25, 0.3) is 0 Å². The second kappa shape index (κ2) is 7.25. The summed E-state index contributed by atoms with van der Waals surface area (Å²) in [5, 5.41) is 6.11. The Balaban J connectivity index is 1.62. The average Bonchev–Trinajstić information content (AvgIpc) is 2.62. The zero-order chi connectivity index (χ0) is 17.9. The molecule has 132 valence electrons. The Hall–Kier alpha value is -2.38. The van der Waals surface area contributed by atoms with Crippen LogP contribution in [-0.4, -0.2) is 26.1 Å². The fourth-order valence-corrected chi connectivity index (χ4v) is 3.38. The lowest BCUT2D eigenvalue weighted by atomic mass is 9.95. The molecule has 1 heterocycles. The molecule has 25 heavy (non-hydrogen) atoms. The van der Waals surface area contributed by atoms with E-state index in [1.54, 1.807) is 31.2 Å². The predicted octanol–water partition coefficient (Wildman–Crippen LogP) is 2.10. The predicted molar refractivity (Wildman–Crippen MR) is 98.9 cm³/mol. The van der Waals surface area contributed by atoms with Crippen molar-refractivity contribution in [2.24, 2.45) is 0 Å². The van der Waals surface area contributed by atoms with Crippen molar-refractivity contribution in [3.8, 4) is 0 Å². The van der Waals surface area contributed by atoms with Crippen LogP contribution in [-0.2, 0) is 27.8 Å². The summed E-state index contributed by atoms with van der Waals surface area (Å²) in [6.07, 6.45) is 0.649. The van der Waals surface area contributed by atoms with Gasteiger partial charge in [-0.3, -0.25) is 9.52 Å². The third kappa shape index (κ3) is 4.37. The van der Waals surface area contributed by atoms with Gasteiger partial charge in [0.15, 0.2) is 0 Å². The number of hydrogen-bond acceptors (Lipinski definition) is 4. The molecule has 0 fully saturated rings. The van der Waals surface area contributed by atoms with Gasteiger partial charge in [-0.15, -0.1) is 0 Å². The quantitative estimate of drug-likeness (QED) is 0.763. The van der Waals surface area contributed by atoms with Crippen molar-refractivity contribution in [1.29, 1.82) is 0 Å². The largest absolute Gasteiger partial charge is 0.325 e. The van der Waals surface area contributed by atoms with Gasteiger partial charge in [-0.05, 0) is 48.7 Å². The van der Waals surface area contributed by atoms with Gasteiger partial charge in [-0.25, -0.2) is 8.42 Å². The van der Waals surface area contributed by atoms with Crippen LogP contribution < -0.4 is 15.4 Å². The highest BCUT2D eigenvalue weighted by atomic mass is 32.2. The van der Waals surface area contributed by atoms with E-state index in [2.05, 4.69) is 21.4 Å². The van der Waals surface area contributed by atoms with E-state index in [1.165, 1.54) is 11.1 Å². The summed E-state index contributed by atoms with van der Waals surface area (Å²) in [7, 11) is -3.30. The van der Waals surface area contributed by atoms with E-state index < -0.39 is 10.0 Å². The zero-order valence-corrected chi connectivity index (χ0v) is 14.8. The van der Waals surface area contributed by atoms with Crippen molar-refractivity contribution in [3.63, 3.8) is 0 Å². The van der Waals surface area contributed by atoms with Gasteiger partial charge >= 0.3 is 0 Å². The number of hydrogen-bond donors (Lipinski definition) is 3. The van der Waals surface area contributed by atoms with Crippen LogP contribution in [0.5, 0.6) is 0 Å². The van der Waals surface area contributed by atoms with Crippen LogP contribution in [0.3, 0.4) is 0 Å². The summed E-state index contributed by atoms with van der Waals surface area (Å²) in [6, 6.07) is 14.4. The van der Waals surface area contributed by atoms with Crippen molar-refractivity contribution < 1.29 is 13.2 Å². The molecule has 1 aliphatic rings. The fourth-order valence-electron chi connectivity index (χ4n) is 2.74. The number of benzene rings is 2. The first kappa shape index (κ1) is 17.4. The van der Waals surface area contributed by atoms with Crippen LogP contribution in [0.4, 0.5) is 11.4 Å². The van der Waals surface area contributed by atoms with Gasteiger partial charge in [-0.2, -0.15) is 0 Å². The maximum absolute atomic E-state index is 12.5. The topological polar surface area (TPSA) is 87.3 Å². The van der Waals surface area contributed by atoms with E-state index in [0.29, 0.717) is 24.3 Å². The molecule has 0 bridgehead atoms. The van der Waals surface area contributed by atoms with Crippen molar-refractivity contribution >= 4 is 27.3 Å². The molecule has 0 saturated carbocycles. The Morgan fingerprint density at radius 2 is 1.72 bits per heavy atom. The highest BCUT2D eigenvalue weighted by Gasteiger charge is 2.23. The van der Waals surface area contributed by atoms with Crippen LogP contribution in [0, 0.1) is 0 Å². The van der Waals surface area contributed by atoms with Crippen LogP contribution in [0.15, 0.2) is 48.5 Å². The monoisotopic (exact) mass is 359 g/mol. The highest BCUT2D eigenvalue weighted by Crippen LogP contribution is 2.19. The molecule has 0 spiro atoms. The number of sulfonamides is 1. The molecule has 3 rings (SSSR count). The lowest BCUT2D eigenvalue weighted by Gasteiger charge is -2.25. The van der Waals surface area contributed by atoms with Gasteiger partial charge in [0, 0.05) is 17.9 Å². The Labute approximate surface area is 147 Å². The molecule has 1 unspecified atom stereocenters. The van der Waals surface area contributed by atoms with Gasteiger partial charge in [0.05, 0.1) is 11.8 Å². The third-order valence-electron chi connectivity index (χ3n) is 4.20. The van der Waals surface area contributed by atoms with Crippen molar-refractivity contribution in [2.45, 2.75) is 25.9 Å². The number of fused-ring (bicyclic) bond motifs is 1. The summed E-state index contributed by atoms with van der Waals surface area (Å²) >= 11 is 0.